The number of carbonyl (C=O) groups excluding carboxylic acids is 6. The van der Waals surface area contributed by atoms with E-state index >= 15 is 0 Å². The van der Waals surface area contributed by atoms with Crippen molar-refractivity contribution in [1.82, 2.24) is 36.9 Å². The minimum absolute atomic E-state index is 0.0159. The Bertz CT molecular complexity index is 1820. The van der Waals surface area contributed by atoms with E-state index in [0.29, 0.717) is 24.8 Å². The van der Waals surface area contributed by atoms with E-state index in [9.17, 15) is 53.7 Å². The van der Waals surface area contributed by atoms with Crippen molar-refractivity contribution in [2.75, 3.05) is 13.2 Å². The molecule has 0 saturated carbocycles. The number of carbonyl (C=O) groups is 8. The van der Waals surface area contributed by atoms with E-state index in [1.54, 1.807) is 53.8 Å². The second kappa shape index (κ2) is 25.2. The van der Waals surface area contributed by atoms with Gasteiger partial charge >= 0.3 is 11.9 Å². The number of nitrogens with one attached hydrogen (secondary N) is 7. The van der Waals surface area contributed by atoms with Crippen LogP contribution in [-0.2, 0) is 44.8 Å². The first kappa shape index (κ1) is 51.5. The highest BCUT2D eigenvalue weighted by atomic mass is 16.4. The number of unbranched alkanes of at least 4 members (excludes halogenated alkanes) is 1. The molecule has 0 aliphatic rings. The summed E-state index contributed by atoms with van der Waals surface area (Å²) in [4.78, 5) is 109. The van der Waals surface area contributed by atoms with Crippen molar-refractivity contribution in [2.24, 2.45) is 29.2 Å². The fourth-order valence-corrected chi connectivity index (χ4v) is 6.47. The fourth-order valence-electron chi connectivity index (χ4n) is 6.47. The van der Waals surface area contributed by atoms with Gasteiger partial charge < -0.3 is 63.7 Å². The summed E-state index contributed by atoms with van der Waals surface area (Å²) in [6.07, 6.45) is 1.86. The number of fused-ring (bicyclic) bond motifs is 1. The van der Waals surface area contributed by atoms with Gasteiger partial charge in [-0.1, -0.05) is 66.2 Å². The van der Waals surface area contributed by atoms with Crippen LogP contribution in [0.5, 0.6) is 0 Å². The molecule has 20 nitrogen and oxygen atoms in total. The van der Waals surface area contributed by atoms with E-state index in [1.165, 1.54) is 0 Å². The number of benzene rings is 1. The fraction of sp³-hybridized carbons (Fsp3) is 0.610. The number of hydrogen-bond acceptors (Lipinski definition) is 11. The number of aliphatic hydroxyl groups is 1. The maximum Gasteiger partial charge on any atom is 0.326 e. The Morgan fingerprint density at radius 1 is 0.705 bits per heavy atom. The van der Waals surface area contributed by atoms with Crippen molar-refractivity contribution in [3.05, 3.63) is 36.0 Å². The Hall–Kier alpha value is -5.60. The zero-order valence-corrected chi connectivity index (χ0v) is 35.8. The molecule has 1 heterocycles. The minimum atomic E-state index is -1.74. The van der Waals surface area contributed by atoms with Crippen molar-refractivity contribution in [3.8, 4) is 0 Å². The number of H-pyrrole nitrogens is 1. The van der Waals surface area contributed by atoms with Gasteiger partial charge in [-0.25, -0.2) is 4.79 Å². The summed E-state index contributed by atoms with van der Waals surface area (Å²) < 4.78 is 0. The quantitative estimate of drug-likeness (QED) is 0.0499. The summed E-state index contributed by atoms with van der Waals surface area (Å²) in [6, 6.07) is -2.29. The first-order valence-electron chi connectivity index (χ1n) is 20.6. The molecule has 8 atom stereocenters. The number of carboxylic acids is 2. The van der Waals surface area contributed by atoms with Crippen molar-refractivity contribution in [2.45, 2.75) is 129 Å². The molecule has 0 aliphatic carbocycles. The molecule has 0 saturated heterocycles. The molecule has 2 rings (SSSR count). The number of nitrogens with two attached hydrogens (primary N) is 2. The van der Waals surface area contributed by atoms with Gasteiger partial charge in [-0.3, -0.25) is 33.6 Å². The SMILES string of the molecule is CC[C@H](C)[C@H](NC(=O)[C@H](CC(=O)O)NC(=O)[C@H](CCCCN)NC(=O)[C@H](Cc1c[nH]c2ccccc12)NC(=O)[C@@H](NC(=O)[C@@H](N)CO)C(C)C)C(=O)N[C@@H](CC(C)C)C(=O)O. The molecular formula is C41H65N9O11. The van der Waals surface area contributed by atoms with Crippen LogP contribution in [0.4, 0.5) is 0 Å². The van der Waals surface area contributed by atoms with Crippen LogP contribution in [0.1, 0.15) is 85.6 Å². The predicted molar refractivity (Wildman–Crippen MR) is 225 cm³/mol. The van der Waals surface area contributed by atoms with Gasteiger partial charge in [0.05, 0.1) is 13.0 Å². The highest BCUT2D eigenvalue weighted by Crippen LogP contribution is 2.20. The number of aliphatic carboxylic acids is 2. The van der Waals surface area contributed by atoms with Crippen LogP contribution in [0.2, 0.25) is 0 Å². The Morgan fingerprint density at radius 3 is 1.84 bits per heavy atom. The smallest absolute Gasteiger partial charge is 0.326 e. The molecular weight excluding hydrogens is 795 g/mol. The van der Waals surface area contributed by atoms with Crippen LogP contribution in [-0.4, -0.2) is 123 Å². The lowest BCUT2D eigenvalue weighted by molar-refractivity contribution is -0.144. The van der Waals surface area contributed by atoms with Crippen LogP contribution in [0, 0.1) is 17.8 Å². The number of hydrogen-bond donors (Lipinski definition) is 12. The lowest BCUT2D eigenvalue weighted by Gasteiger charge is -2.29. The molecule has 1 aromatic heterocycles. The molecule has 0 aliphatic heterocycles. The van der Waals surface area contributed by atoms with Gasteiger partial charge in [0.25, 0.3) is 0 Å². The van der Waals surface area contributed by atoms with E-state index in [4.69, 9.17) is 11.5 Å². The molecule has 0 fully saturated rings. The molecule has 1 aromatic carbocycles. The summed E-state index contributed by atoms with van der Waals surface area (Å²) in [5.41, 5.74) is 12.8. The van der Waals surface area contributed by atoms with Crippen LogP contribution in [0.15, 0.2) is 30.5 Å². The van der Waals surface area contributed by atoms with E-state index in [0.717, 1.165) is 10.9 Å². The first-order valence-corrected chi connectivity index (χ1v) is 20.6. The largest absolute Gasteiger partial charge is 0.481 e. The topological polar surface area (TPSA) is 337 Å². The lowest BCUT2D eigenvalue weighted by atomic mass is 9.96. The molecule has 14 N–H and O–H groups in total. The summed E-state index contributed by atoms with van der Waals surface area (Å²) in [5.74, 6) is -9.02. The molecule has 2 aromatic rings. The average Bonchev–Trinajstić information content (AvgIpc) is 3.61. The van der Waals surface area contributed by atoms with E-state index < -0.39 is 115 Å². The van der Waals surface area contributed by atoms with Crippen molar-refractivity contribution < 1.29 is 53.7 Å². The Morgan fingerprint density at radius 2 is 1.26 bits per heavy atom. The number of aliphatic hydroxyl groups excluding tert-OH is 1. The van der Waals surface area contributed by atoms with Crippen LogP contribution >= 0.6 is 0 Å². The van der Waals surface area contributed by atoms with Gasteiger partial charge in [0.2, 0.25) is 35.4 Å². The monoisotopic (exact) mass is 859 g/mol. The Labute approximate surface area is 355 Å². The number of amides is 6. The van der Waals surface area contributed by atoms with E-state index in [1.807, 2.05) is 18.2 Å². The van der Waals surface area contributed by atoms with E-state index in [-0.39, 0.29) is 31.7 Å². The molecule has 340 valence electrons. The Balaban J connectivity index is 2.47. The molecule has 0 radical (unpaired) electrons. The third kappa shape index (κ3) is 16.4. The number of carboxylic acid groups (broad SMARTS) is 2. The first-order chi connectivity index (χ1) is 28.7. The number of aromatic amines is 1. The standard InChI is InChI=1S/C41H65N9O11/c1-7-23(6)34(40(59)48-31(41(60)61)16-21(2)3)50-38(57)30(18-32(52)53)46-36(55)28(14-10-11-15-42)45-37(56)29(17-24-19-44-27-13-9-8-12-25(24)27)47-39(58)33(22(4)5)49-35(54)26(43)20-51/h8-9,12-13,19,21-23,26,28-31,33-34,44,51H,7,10-11,14-18,20,42-43H2,1-6H3,(H,45,56)(H,46,55)(H,47,58)(H,48,59)(H,49,54)(H,50,57)(H,52,53)(H,60,61)/t23-,26-,28-,29-,30-,31-,33-,34-/m0/s1. The second-order valence-electron chi connectivity index (χ2n) is 16.0. The molecule has 61 heavy (non-hydrogen) atoms. The molecule has 0 bridgehead atoms. The van der Waals surface area contributed by atoms with Gasteiger partial charge in [-0.2, -0.15) is 0 Å². The summed E-state index contributed by atoms with van der Waals surface area (Å²) in [5, 5.41) is 44.8. The summed E-state index contributed by atoms with van der Waals surface area (Å²) >= 11 is 0. The maximum absolute atomic E-state index is 14.2. The van der Waals surface area contributed by atoms with Gasteiger partial charge in [-0.15, -0.1) is 0 Å². The molecule has 0 unspecified atom stereocenters. The van der Waals surface area contributed by atoms with Gasteiger partial charge in [0, 0.05) is 23.5 Å². The van der Waals surface area contributed by atoms with Gasteiger partial charge in [0.1, 0.15) is 42.3 Å². The van der Waals surface area contributed by atoms with Crippen molar-refractivity contribution in [1.29, 1.82) is 0 Å². The molecule has 20 heteroatoms. The zero-order chi connectivity index (χ0) is 46.0. The zero-order valence-electron chi connectivity index (χ0n) is 35.8. The third-order valence-corrected chi connectivity index (χ3v) is 10.2. The lowest BCUT2D eigenvalue weighted by Crippen LogP contribution is -2.61. The van der Waals surface area contributed by atoms with Crippen molar-refractivity contribution in [3.63, 3.8) is 0 Å². The third-order valence-electron chi connectivity index (χ3n) is 10.2. The second-order valence-corrected chi connectivity index (χ2v) is 16.0. The number of aromatic nitrogens is 1. The van der Waals surface area contributed by atoms with E-state index in [2.05, 4.69) is 36.9 Å². The predicted octanol–water partition coefficient (Wildman–Crippen LogP) is -0.625. The molecule has 6 amide bonds. The van der Waals surface area contributed by atoms with Crippen molar-refractivity contribution >= 4 is 58.3 Å². The van der Waals surface area contributed by atoms with Crippen LogP contribution < -0.4 is 43.4 Å². The summed E-state index contributed by atoms with van der Waals surface area (Å²) in [7, 11) is 0. The van der Waals surface area contributed by atoms with Gasteiger partial charge in [-0.05, 0) is 61.6 Å². The van der Waals surface area contributed by atoms with Gasteiger partial charge in [0.15, 0.2) is 0 Å². The summed E-state index contributed by atoms with van der Waals surface area (Å²) in [6.45, 7) is 9.82. The number of para-hydroxylation sites is 1. The normalized spacial score (nSPS) is 15.3. The maximum atomic E-state index is 14.2. The molecule has 0 spiro atoms. The highest BCUT2D eigenvalue weighted by molar-refractivity contribution is 5.98. The number of rotatable bonds is 27. The Kier molecular flexibility index (Phi) is 21.3. The van der Waals surface area contributed by atoms with Crippen LogP contribution in [0.25, 0.3) is 10.9 Å². The highest BCUT2D eigenvalue weighted by Gasteiger charge is 2.36. The minimum Gasteiger partial charge on any atom is -0.481 e. The van der Waals surface area contributed by atoms with Crippen LogP contribution in [0.3, 0.4) is 0 Å². The average molecular weight is 860 g/mol.